The number of halogens is 2. The van der Waals surface area contributed by atoms with Crippen molar-refractivity contribution in [3.05, 3.63) is 52.6 Å². The van der Waals surface area contributed by atoms with Crippen LogP contribution in [-0.4, -0.2) is 24.2 Å². The number of aliphatic hydroxyl groups is 1. The van der Waals surface area contributed by atoms with E-state index in [9.17, 15) is 14.3 Å². The number of rotatable bonds is 6. The summed E-state index contributed by atoms with van der Waals surface area (Å²) in [6, 6.07) is 7.51. The molecular weight excluding hydrogens is 345 g/mol. The van der Waals surface area contributed by atoms with E-state index >= 15 is 0 Å². The fourth-order valence-electron chi connectivity index (χ4n) is 1.58. The van der Waals surface area contributed by atoms with Crippen LogP contribution in [0.5, 0.6) is 5.75 Å². The molecule has 0 radical (unpaired) electrons. The van der Waals surface area contributed by atoms with Gasteiger partial charge in [0.1, 0.15) is 11.9 Å². The number of furan rings is 1. The van der Waals surface area contributed by atoms with E-state index in [4.69, 9.17) is 9.15 Å². The third kappa shape index (κ3) is 4.57. The lowest BCUT2D eigenvalue weighted by atomic mass is 10.3. The van der Waals surface area contributed by atoms with Crippen LogP contribution in [-0.2, 0) is 4.79 Å². The van der Waals surface area contributed by atoms with Gasteiger partial charge in [0.2, 0.25) is 0 Å². The van der Waals surface area contributed by atoms with Crippen molar-refractivity contribution in [1.82, 2.24) is 5.32 Å². The number of ether oxygens (including phenoxy) is 1. The topological polar surface area (TPSA) is 71.7 Å². The lowest BCUT2D eigenvalue weighted by Crippen LogP contribution is -2.32. The van der Waals surface area contributed by atoms with E-state index in [0.29, 0.717) is 10.2 Å². The second-order valence-electron chi connectivity index (χ2n) is 4.20. The Morgan fingerprint density at radius 2 is 2.29 bits per heavy atom. The smallest absolute Gasteiger partial charge is 0.258 e. The number of carbonyl (C=O) groups is 1. The van der Waals surface area contributed by atoms with Gasteiger partial charge in [-0.3, -0.25) is 4.79 Å². The molecule has 5 nitrogen and oxygen atoms in total. The Balaban J connectivity index is 1.77. The average molecular weight is 358 g/mol. The van der Waals surface area contributed by atoms with Crippen molar-refractivity contribution in [2.45, 2.75) is 6.10 Å². The third-order valence-electron chi connectivity index (χ3n) is 2.62. The molecule has 112 valence electrons. The Kier molecular flexibility index (Phi) is 5.35. The van der Waals surface area contributed by atoms with E-state index in [1.165, 1.54) is 18.4 Å². The molecule has 0 bridgehead atoms. The summed E-state index contributed by atoms with van der Waals surface area (Å²) in [4.78, 5) is 11.6. The summed E-state index contributed by atoms with van der Waals surface area (Å²) in [5.41, 5.74) is 0. The molecule has 0 aliphatic carbocycles. The number of nitrogens with one attached hydrogen (secondary N) is 1. The number of hydrogen-bond acceptors (Lipinski definition) is 4. The monoisotopic (exact) mass is 357 g/mol. The van der Waals surface area contributed by atoms with Crippen LogP contribution in [0.15, 0.2) is 45.5 Å². The highest BCUT2D eigenvalue weighted by Gasteiger charge is 2.12. The Bertz CT molecular complexity index is 603. The highest BCUT2D eigenvalue weighted by Crippen LogP contribution is 2.21. The standard InChI is InChI=1S/C14H13BrFNO4/c15-9-3-4-12(10(16)6-9)21-8-14(19)17-7-11(18)13-2-1-5-20-13/h1-6,11,18H,7-8H2,(H,17,19). The molecule has 1 atom stereocenters. The van der Waals surface area contributed by atoms with Gasteiger partial charge < -0.3 is 19.6 Å². The number of carbonyl (C=O) groups excluding carboxylic acids is 1. The fourth-order valence-corrected chi connectivity index (χ4v) is 1.91. The van der Waals surface area contributed by atoms with Gasteiger partial charge in [0.25, 0.3) is 5.91 Å². The first-order valence-corrected chi connectivity index (χ1v) is 6.91. The van der Waals surface area contributed by atoms with Crippen molar-refractivity contribution in [2.75, 3.05) is 13.2 Å². The predicted molar refractivity (Wildman–Crippen MR) is 76.3 cm³/mol. The van der Waals surface area contributed by atoms with Crippen molar-refractivity contribution in [2.24, 2.45) is 0 Å². The van der Waals surface area contributed by atoms with Crippen LogP contribution >= 0.6 is 15.9 Å². The maximum atomic E-state index is 13.5. The minimum Gasteiger partial charge on any atom is -0.481 e. The number of aliphatic hydroxyl groups excluding tert-OH is 1. The van der Waals surface area contributed by atoms with Crippen molar-refractivity contribution >= 4 is 21.8 Å². The largest absolute Gasteiger partial charge is 0.481 e. The molecule has 1 aromatic heterocycles. The van der Waals surface area contributed by atoms with E-state index in [0.717, 1.165) is 0 Å². The molecule has 21 heavy (non-hydrogen) atoms. The minimum absolute atomic E-state index is 0.0140. The first-order valence-electron chi connectivity index (χ1n) is 6.12. The van der Waals surface area contributed by atoms with Gasteiger partial charge in [-0.25, -0.2) is 4.39 Å². The SMILES string of the molecule is O=C(COc1ccc(Br)cc1F)NCC(O)c1ccco1. The lowest BCUT2D eigenvalue weighted by molar-refractivity contribution is -0.123. The summed E-state index contributed by atoms with van der Waals surface area (Å²) < 4.78 is 24.1. The molecule has 1 unspecified atom stereocenters. The van der Waals surface area contributed by atoms with Crippen LogP contribution in [0.2, 0.25) is 0 Å². The molecule has 2 aromatic rings. The van der Waals surface area contributed by atoms with Gasteiger partial charge in [-0.1, -0.05) is 15.9 Å². The van der Waals surface area contributed by atoms with Crippen molar-refractivity contribution in [3.63, 3.8) is 0 Å². The van der Waals surface area contributed by atoms with E-state index in [2.05, 4.69) is 21.2 Å². The van der Waals surface area contributed by atoms with E-state index in [-0.39, 0.29) is 18.9 Å². The average Bonchev–Trinajstić information content (AvgIpc) is 2.98. The van der Waals surface area contributed by atoms with Crippen LogP contribution in [0.4, 0.5) is 4.39 Å². The molecule has 7 heteroatoms. The first-order chi connectivity index (χ1) is 10.1. The lowest BCUT2D eigenvalue weighted by Gasteiger charge is -2.11. The Morgan fingerprint density at radius 3 is 2.95 bits per heavy atom. The summed E-state index contributed by atoms with van der Waals surface area (Å²) in [6.45, 7) is -0.359. The highest BCUT2D eigenvalue weighted by atomic mass is 79.9. The van der Waals surface area contributed by atoms with Gasteiger partial charge in [0, 0.05) is 4.47 Å². The van der Waals surface area contributed by atoms with Gasteiger partial charge in [-0.15, -0.1) is 0 Å². The van der Waals surface area contributed by atoms with Gasteiger partial charge in [-0.2, -0.15) is 0 Å². The van der Waals surface area contributed by atoms with Crippen molar-refractivity contribution < 1.29 is 23.4 Å². The Hall–Kier alpha value is -1.86. The Morgan fingerprint density at radius 1 is 1.48 bits per heavy atom. The van der Waals surface area contributed by atoms with Crippen molar-refractivity contribution in [1.29, 1.82) is 0 Å². The minimum atomic E-state index is -0.937. The van der Waals surface area contributed by atoms with E-state index < -0.39 is 17.8 Å². The summed E-state index contributed by atoms with van der Waals surface area (Å²) in [5.74, 6) is -0.689. The summed E-state index contributed by atoms with van der Waals surface area (Å²) in [7, 11) is 0. The molecule has 0 saturated carbocycles. The summed E-state index contributed by atoms with van der Waals surface area (Å²) in [6.07, 6.45) is 0.494. The predicted octanol–water partition coefficient (Wildman–Crippen LogP) is 2.41. The van der Waals surface area contributed by atoms with Gasteiger partial charge >= 0.3 is 0 Å². The zero-order chi connectivity index (χ0) is 15.2. The normalized spacial score (nSPS) is 12.0. The van der Waals surface area contributed by atoms with Crippen LogP contribution in [0, 0.1) is 5.82 Å². The van der Waals surface area contributed by atoms with Crippen LogP contribution in [0.25, 0.3) is 0 Å². The Labute approximate surface area is 128 Å². The van der Waals surface area contributed by atoms with E-state index in [1.54, 1.807) is 18.2 Å². The number of hydrogen-bond donors (Lipinski definition) is 2. The summed E-state index contributed by atoms with van der Waals surface area (Å²) in [5, 5.41) is 12.2. The number of amides is 1. The van der Waals surface area contributed by atoms with Gasteiger partial charge in [0.05, 0.1) is 12.8 Å². The first kappa shape index (κ1) is 15.5. The molecule has 0 spiro atoms. The molecule has 1 heterocycles. The van der Waals surface area contributed by atoms with Crippen LogP contribution in [0.3, 0.4) is 0 Å². The molecule has 0 aliphatic heterocycles. The molecule has 0 saturated heterocycles. The van der Waals surface area contributed by atoms with E-state index in [1.807, 2.05) is 0 Å². The molecule has 1 aromatic carbocycles. The molecule has 0 fully saturated rings. The fraction of sp³-hybridized carbons (Fsp3) is 0.214. The zero-order valence-corrected chi connectivity index (χ0v) is 12.5. The van der Waals surface area contributed by atoms with Crippen molar-refractivity contribution in [3.8, 4) is 5.75 Å². The van der Waals surface area contributed by atoms with Crippen LogP contribution in [0.1, 0.15) is 11.9 Å². The molecule has 2 rings (SSSR count). The quantitative estimate of drug-likeness (QED) is 0.832. The maximum Gasteiger partial charge on any atom is 0.258 e. The zero-order valence-electron chi connectivity index (χ0n) is 10.9. The summed E-state index contributed by atoms with van der Waals surface area (Å²) >= 11 is 3.12. The van der Waals surface area contributed by atoms with Gasteiger partial charge in [0.15, 0.2) is 18.2 Å². The highest BCUT2D eigenvalue weighted by molar-refractivity contribution is 9.10. The molecule has 0 aliphatic rings. The van der Waals surface area contributed by atoms with Crippen LogP contribution < -0.4 is 10.1 Å². The molecular formula is C14H13BrFNO4. The molecule has 1 amide bonds. The number of benzene rings is 1. The second kappa shape index (κ2) is 7.24. The second-order valence-corrected chi connectivity index (χ2v) is 5.11. The molecule has 2 N–H and O–H groups in total. The maximum absolute atomic E-state index is 13.5. The third-order valence-corrected chi connectivity index (χ3v) is 3.11. The van der Waals surface area contributed by atoms with Gasteiger partial charge in [-0.05, 0) is 30.3 Å².